The first kappa shape index (κ1) is 16.9. The standard InChI is InChI=1S/C18H17N3O3S/c1-12(22)20-14-6-4-13(5-7-14)18-21-15(11-25-18)9-17(23)19-10-16-3-2-8-24-16/h2-8,11H,9-10H2,1H3,(H,19,23)(H,20,22). The maximum absolute atomic E-state index is 12.0. The van der Waals surface area contributed by atoms with E-state index in [4.69, 9.17) is 4.42 Å². The van der Waals surface area contributed by atoms with Crippen molar-refractivity contribution < 1.29 is 14.0 Å². The Morgan fingerprint density at radius 3 is 2.68 bits per heavy atom. The molecular weight excluding hydrogens is 338 g/mol. The number of thiazole rings is 1. The van der Waals surface area contributed by atoms with Crippen LogP contribution in [0.1, 0.15) is 18.4 Å². The first-order chi connectivity index (χ1) is 12.1. The van der Waals surface area contributed by atoms with Crippen LogP contribution >= 0.6 is 11.3 Å². The summed E-state index contributed by atoms with van der Waals surface area (Å²) in [4.78, 5) is 27.5. The van der Waals surface area contributed by atoms with Gasteiger partial charge < -0.3 is 15.1 Å². The number of carbonyl (C=O) groups is 2. The largest absolute Gasteiger partial charge is 0.467 e. The van der Waals surface area contributed by atoms with E-state index in [1.54, 1.807) is 12.3 Å². The highest BCUT2D eigenvalue weighted by Crippen LogP contribution is 2.25. The van der Waals surface area contributed by atoms with Gasteiger partial charge in [0.25, 0.3) is 0 Å². The lowest BCUT2D eigenvalue weighted by Crippen LogP contribution is -2.24. The molecule has 0 bridgehead atoms. The number of benzene rings is 1. The van der Waals surface area contributed by atoms with E-state index < -0.39 is 0 Å². The van der Waals surface area contributed by atoms with E-state index in [-0.39, 0.29) is 18.2 Å². The molecule has 6 nitrogen and oxygen atoms in total. The Morgan fingerprint density at radius 1 is 1.20 bits per heavy atom. The third-order valence-corrected chi connectivity index (χ3v) is 4.33. The van der Waals surface area contributed by atoms with Crippen LogP contribution in [0, 0.1) is 0 Å². The minimum atomic E-state index is -0.107. The number of aromatic nitrogens is 1. The zero-order valence-electron chi connectivity index (χ0n) is 13.6. The summed E-state index contributed by atoms with van der Waals surface area (Å²) >= 11 is 1.48. The molecule has 2 N–H and O–H groups in total. The van der Waals surface area contributed by atoms with Crippen molar-refractivity contribution in [2.24, 2.45) is 0 Å². The molecule has 2 aromatic heterocycles. The number of furan rings is 1. The molecule has 3 aromatic rings. The normalized spacial score (nSPS) is 10.4. The van der Waals surface area contributed by atoms with Gasteiger partial charge in [0, 0.05) is 23.6 Å². The molecule has 3 rings (SSSR count). The number of anilines is 1. The molecule has 25 heavy (non-hydrogen) atoms. The van der Waals surface area contributed by atoms with Gasteiger partial charge in [0.05, 0.1) is 24.9 Å². The van der Waals surface area contributed by atoms with Crippen molar-refractivity contribution in [3.05, 3.63) is 59.5 Å². The van der Waals surface area contributed by atoms with E-state index >= 15 is 0 Å². The van der Waals surface area contributed by atoms with E-state index in [1.807, 2.05) is 35.7 Å². The Hall–Kier alpha value is -2.93. The summed E-state index contributed by atoms with van der Waals surface area (Å²) in [6, 6.07) is 11.0. The Bertz CT molecular complexity index is 854. The Labute approximate surface area is 148 Å². The fraction of sp³-hybridized carbons (Fsp3) is 0.167. The van der Waals surface area contributed by atoms with Crippen LogP contribution in [0.5, 0.6) is 0 Å². The summed E-state index contributed by atoms with van der Waals surface area (Å²) in [6.45, 7) is 1.84. The topological polar surface area (TPSA) is 84.2 Å². The number of amides is 2. The quantitative estimate of drug-likeness (QED) is 0.711. The van der Waals surface area contributed by atoms with E-state index in [0.29, 0.717) is 12.3 Å². The van der Waals surface area contributed by atoms with Crippen LogP contribution in [0.2, 0.25) is 0 Å². The molecule has 7 heteroatoms. The summed E-state index contributed by atoms with van der Waals surface area (Å²) in [6.07, 6.45) is 1.80. The smallest absolute Gasteiger partial charge is 0.226 e. The second-order valence-electron chi connectivity index (χ2n) is 5.44. The van der Waals surface area contributed by atoms with E-state index in [2.05, 4.69) is 15.6 Å². The molecule has 0 spiro atoms. The number of rotatable bonds is 6. The molecule has 0 saturated heterocycles. The lowest BCUT2D eigenvalue weighted by molar-refractivity contribution is -0.120. The van der Waals surface area contributed by atoms with Gasteiger partial charge in [-0.1, -0.05) is 0 Å². The molecule has 0 saturated carbocycles. The van der Waals surface area contributed by atoms with Crippen LogP contribution in [0.4, 0.5) is 5.69 Å². The Kier molecular flexibility index (Phi) is 5.25. The van der Waals surface area contributed by atoms with Gasteiger partial charge in [-0.3, -0.25) is 9.59 Å². The predicted molar refractivity (Wildman–Crippen MR) is 96.1 cm³/mol. The maximum atomic E-state index is 12.0. The molecule has 0 aliphatic carbocycles. The first-order valence-electron chi connectivity index (χ1n) is 7.71. The monoisotopic (exact) mass is 355 g/mol. The highest BCUT2D eigenvalue weighted by atomic mass is 32.1. The highest BCUT2D eigenvalue weighted by Gasteiger charge is 2.10. The van der Waals surface area contributed by atoms with Crippen LogP contribution in [0.3, 0.4) is 0 Å². The maximum Gasteiger partial charge on any atom is 0.226 e. The van der Waals surface area contributed by atoms with Crippen LogP contribution in [-0.2, 0) is 22.6 Å². The van der Waals surface area contributed by atoms with Gasteiger partial charge in [-0.05, 0) is 36.4 Å². The summed E-state index contributed by atoms with van der Waals surface area (Å²) in [7, 11) is 0. The zero-order chi connectivity index (χ0) is 17.6. The molecule has 0 aliphatic heterocycles. The molecule has 0 fully saturated rings. The van der Waals surface area contributed by atoms with E-state index in [9.17, 15) is 9.59 Å². The van der Waals surface area contributed by atoms with Crippen LogP contribution in [0.15, 0.2) is 52.5 Å². The van der Waals surface area contributed by atoms with Crippen molar-refractivity contribution in [1.82, 2.24) is 10.3 Å². The molecule has 0 aliphatic rings. The number of hydrogen-bond donors (Lipinski definition) is 2. The van der Waals surface area contributed by atoms with Crippen LogP contribution < -0.4 is 10.6 Å². The van der Waals surface area contributed by atoms with Crippen LogP contribution in [0.25, 0.3) is 10.6 Å². The summed E-state index contributed by atoms with van der Waals surface area (Å²) in [5, 5.41) is 8.24. The van der Waals surface area contributed by atoms with Gasteiger partial charge in [0.1, 0.15) is 10.8 Å². The molecule has 2 amide bonds. The fourth-order valence-electron chi connectivity index (χ4n) is 2.25. The second-order valence-corrected chi connectivity index (χ2v) is 6.29. The van der Waals surface area contributed by atoms with Gasteiger partial charge >= 0.3 is 0 Å². The number of nitrogens with zero attached hydrogens (tertiary/aromatic N) is 1. The fourth-order valence-corrected chi connectivity index (χ4v) is 3.07. The predicted octanol–water partition coefficient (Wildman–Crippen LogP) is 3.22. The lowest BCUT2D eigenvalue weighted by Gasteiger charge is -2.03. The summed E-state index contributed by atoms with van der Waals surface area (Å²) in [5.74, 6) is 0.505. The number of nitrogens with one attached hydrogen (secondary N) is 2. The van der Waals surface area contributed by atoms with Gasteiger partial charge in [-0.15, -0.1) is 11.3 Å². The second kappa shape index (κ2) is 7.76. The van der Waals surface area contributed by atoms with Gasteiger partial charge in [0.15, 0.2) is 0 Å². The molecule has 1 aromatic carbocycles. The van der Waals surface area contributed by atoms with Crippen molar-refractivity contribution in [2.75, 3.05) is 5.32 Å². The van der Waals surface area contributed by atoms with Crippen molar-refractivity contribution in [3.8, 4) is 10.6 Å². The highest BCUT2D eigenvalue weighted by molar-refractivity contribution is 7.13. The third-order valence-electron chi connectivity index (χ3n) is 3.39. The zero-order valence-corrected chi connectivity index (χ0v) is 14.4. The molecule has 0 radical (unpaired) electrons. The molecule has 0 atom stereocenters. The van der Waals surface area contributed by atoms with Gasteiger partial charge in [-0.25, -0.2) is 4.98 Å². The Balaban J connectivity index is 1.58. The first-order valence-corrected chi connectivity index (χ1v) is 8.59. The van der Waals surface area contributed by atoms with Crippen molar-refractivity contribution in [2.45, 2.75) is 19.9 Å². The minimum absolute atomic E-state index is 0.103. The lowest BCUT2D eigenvalue weighted by atomic mass is 10.2. The van der Waals surface area contributed by atoms with E-state index in [1.165, 1.54) is 18.3 Å². The SMILES string of the molecule is CC(=O)Nc1ccc(-c2nc(CC(=O)NCc3ccco3)cs2)cc1. The molecular formula is C18H17N3O3S. The molecule has 0 unspecified atom stereocenters. The average molecular weight is 355 g/mol. The number of hydrogen-bond acceptors (Lipinski definition) is 5. The van der Waals surface area contributed by atoms with Gasteiger partial charge in [0.2, 0.25) is 11.8 Å². The molecule has 2 heterocycles. The summed E-state index contributed by atoms with van der Waals surface area (Å²) < 4.78 is 5.18. The molecule has 128 valence electrons. The van der Waals surface area contributed by atoms with E-state index in [0.717, 1.165) is 22.0 Å². The Morgan fingerprint density at radius 2 is 2.00 bits per heavy atom. The summed E-state index contributed by atoms with van der Waals surface area (Å²) in [5.41, 5.74) is 2.41. The third kappa shape index (κ3) is 4.77. The van der Waals surface area contributed by atoms with Crippen molar-refractivity contribution in [3.63, 3.8) is 0 Å². The minimum Gasteiger partial charge on any atom is -0.467 e. The van der Waals surface area contributed by atoms with Crippen LogP contribution in [-0.4, -0.2) is 16.8 Å². The van der Waals surface area contributed by atoms with Crippen molar-refractivity contribution >= 4 is 28.8 Å². The van der Waals surface area contributed by atoms with Gasteiger partial charge in [-0.2, -0.15) is 0 Å². The van der Waals surface area contributed by atoms with Crippen molar-refractivity contribution in [1.29, 1.82) is 0 Å². The average Bonchev–Trinajstić information content (AvgIpc) is 3.25. The number of carbonyl (C=O) groups excluding carboxylic acids is 2.